The van der Waals surface area contributed by atoms with Gasteiger partial charge in [0.1, 0.15) is 5.15 Å². The quantitative estimate of drug-likeness (QED) is 0.549. The molecule has 0 radical (unpaired) electrons. The van der Waals surface area contributed by atoms with Crippen molar-refractivity contribution in [1.29, 1.82) is 0 Å². The lowest BCUT2D eigenvalue weighted by molar-refractivity contribution is 0.0601. The van der Waals surface area contributed by atoms with E-state index in [4.69, 9.17) is 11.6 Å². The van der Waals surface area contributed by atoms with Crippen molar-refractivity contribution >= 4 is 28.3 Å². The number of halogens is 1. The first kappa shape index (κ1) is 9.93. The van der Waals surface area contributed by atoms with E-state index in [0.717, 1.165) is 10.8 Å². The Morgan fingerprint density at radius 2 is 2.20 bits per heavy atom. The van der Waals surface area contributed by atoms with Crippen molar-refractivity contribution in [2.24, 2.45) is 0 Å². The van der Waals surface area contributed by atoms with Crippen LogP contribution in [0.4, 0.5) is 0 Å². The molecule has 0 atom stereocenters. The van der Waals surface area contributed by atoms with Crippen molar-refractivity contribution in [2.45, 2.75) is 0 Å². The molecule has 0 aliphatic rings. The van der Waals surface area contributed by atoms with Gasteiger partial charge < -0.3 is 4.74 Å². The Morgan fingerprint density at radius 3 is 2.93 bits per heavy atom. The third-order valence-electron chi connectivity index (χ3n) is 2.14. The van der Waals surface area contributed by atoms with Crippen molar-refractivity contribution in [2.75, 3.05) is 7.11 Å². The van der Waals surface area contributed by atoms with Gasteiger partial charge in [-0.1, -0.05) is 17.7 Å². The standard InChI is InChI=1S/C11H8ClNO2/c1-15-11(14)8-3-2-7-4-5-13-10(12)9(7)6-8/h2-6H,1H3. The zero-order chi connectivity index (χ0) is 10.8. The van der Waals surface area contributed by atoms with E-state index in [-0.39, 0.29) is 5.97 Å². The molecule has 0 spiro atoms. The molecule has 2 aromatic rings. The van der Waals surface area contributed by atoms with Crippen LogP contribution in [0.15, 0.2) is 30.5 Å². The Morgan fingerprint density at radius 1 is 1.40 bits per heavy atom. The minimum absolute atomic E-state index is 0.378. The van der Waals surface area contributed by atoms with Gasteiger partial charge in [-0.15, -0.1) is 0 Å². The molecule has 4 heteroatoms. The number of nitrogens with zero attached hydrogens (tertiary/aromatic N) is 1. The summed E-state index contributed by atoms with van der Waals surface area (Å²) in [5.41, 5.74) is 0.472. The molecule has 1 aromatic carbocycles. The molecular weight excluding hydrogens is 214 g/mol. The summed E-state index contributed by atoms with van der Waals surface area (Å²) in [6, 6.07) is 7.03. The predicted molar refractivity (Wildman–Crippen MR) is 58.1 cm³/mol. The van der Waals surface area contributed by atoms with Gasteiger partial charge >= 0.3 is 5.97 Å². The molecule has 1 aromatic heterocycles. The van der Waals surface area contributed by atoms with Crippen molar-refractivity contribution in [3.8, 4) is 0 Å². The molecule has 0 amide bonds. The normalized spacial score (nSPS) is 10.3. The number of esters is 1. The molecule has 0 saturated carbocycles. The minimum atomic E-state index is -0.378. The molecule has 15 heavy (non-hydrogen) atoms. The number of carbonyl (C=O) groups excluding carboxylic acids is 1. The van der Waals surface area contributed by atoms with Crippen LogP contribution >= 0.6 is 11.6 Å². The van der Waals surface area contributed by atoms with Crippen LogP contribution in [0.2, 0.25) is 5.15 Å². The van der Waals surface area contributed by atoms with Crippen LogP contribution in [-0.4, -0.2) is 18.1 Å². The SMILES string of the molecule is COC(=O)c1ccc2ccnc(Cl)c2c1. The van der Waals surface area contributed by atoms with Gasteiger partial charge in [0.05, 0.1) is 12.7 Å². The van der Waals surface area contributed by atoms with Gasteiger partial charge in [0.25, 0.3) is 0 Å². The topological polar surface area (TPSA) is 39.2 Å². The number of methoxy groups -OCH3 is 1. The fourth-order valence-corrected chi connectivity index (χ4v) is 1.60. The third kappa shape index (κ3) is 1.78. The fourth-order valence-electron chi connectivity index (χ4n) is 1.38. The highest BCUT2D eigenvalue weighted by Crippen LogP contribution is 2.22. The second kappa shape index (κ2) is 3.87. The van der Waals surface area contributed by atoms with Crippen LogP contribution in [0.3, 0.4) is 0 Å². The molecule has 76 valence electrons. The van der Waals surface area contributed by atoms with E-state index in [9.17, 15) is 4.79 Å². The van der Waals surface area contributed by atoms with Gasteiger partial charge in [-0.05, 0) is 23.6 Å². The number of hydrogen-bond acceptors (Lipinski definition) is 3. The summed E-state index contributed by atoms with van der Waals surface area (Å²) in [4.78, 5) is 15.2. The van der Waals surface area contributed by atoms with Crippen LogP contribution in [0, 0.1) is 0 Å². The zero-order valence-corrected chi connectivity index (χ0v) is 8.78. The maximum atomic E-state index is 11.3. The summed E-state index contributed by atoms with van der Waals surface area (Å²) >= 11 is 5.91. The molecule has 0 fully saturated rings. The Labute approximate surface area is 91.6 Å². The molecule has 0 N–H and O–H groups in total. The lowest BCUT2D eigenvalue weighted by atomic mass is 10.1. The molecule has 0 saturated heterocycles. The summed E-state index contributed by atoms with van der Waals surface area (Å²) in [6.45, 7) is 0. The maximum Gasteiger partial charge on any atom is 0.337 e. The highest BCUT2D eigenvalue weighted by atomic mass is 35.5. The van der Waals surface area contributed by atoms with Crippen LogP contribution < -0.4 is 0 Å². The van der Waals surface area contributed by atoms with Crippen LogP contribution in [0.5, 0.6) is 0 Å². The zero-order valence-electron chi connectivity index (χ0n) is 8.03. The third-order valence-corrected chi connectivity index (χ3v) is 2.44. The van der Waals surface area contributed by atoms with Crippen LogP contribution in [0.25, 0.3) is 10.8 Å². The van der Waals surface area contributed by atoms with E-state index in [1.807, 2.05) is 12.1 Å². The Balaban J connectivity index is 2.64. The van der Waals surface area contributed by atoms with Gasteiger partial charge in [-0.25, -0.2) is 9.78 Å². The second-order valence-corrected chi connectivity index (χ2v) is 3.39. The smallest absolute Gasteiger partial charge is 0.337 e. The molecule has 0 aliphatic carbocycles. The average Bonchev–Trinajstić information content (AvgIpc) is 2.28. The van der Waals surface area contributed by atoms with E-state index in [1.165, 1.54) is 7.11 Å². The summed E-state index contributed by atoms with van der Waals surface area (Å²) in [6.07, 6.45) is 1.63. The lowest BCUT2D eigenvalue weighted by Crippen LogP contribution is -2.00. The number of rotatable bonds is 1. The van der Waals surface area contributed by atoms with Gasteiger partial charge in [0, 0.05) is 11.6 Å². The largest absolute Gasteiger partial charge is 0.465 e. The molecule has 0 bridgehead atoms. The predicted octanol–water partition coefficient (Wildman–Crippen LogP) is 2.67. The fraction of sp³-hybridized carbons (Fsp3) is 0.0909. The molecule has 1 heterocycles. The first-order chi connectivity index (χ1) is 7.22. The molecule has 0 aliphatic heterocycles. The van der Waals surface area contributed by atoms with Gasteiger partial charge in [-0.3, -0.25) is 0 Å². The maximum absolute atomic E-state index is 11.3. The van der Waals surface area contributed by atoms with E-state index >= 15 is 0 Å². The first-order valence-electron chi connectivity index (χ1n) is 4.35. The number of ether oxygens (including phenoxy) is 1. The summed E-state index contributed by atoms with van der Waals surface area (Å²) in [7, 11) is 1.34. The molecule has 0 unspecified atom stereocenters. The molecule has 2 rings (SSSR count). The summed E-state index contributed by atoms with van der Waals surface area (Å²) in [5.74, 6) is -0.378. The highest BCUT2D eigenvalue weighted by Gasteiger charge is 2.07. The van der Waals surface area contributed by atoms with Gasteiger partial charge in [-0.2, -0.15) is 0 Å². The van der Waals surface area contributed by atoms with E-state index < -0.39 is 0 Å². The first-order valence-corrected chi connectivity index (χ1v) is 4.73. The van der Waals surface area contributed by atoms with E-state index in [2.05, 4.69) is 9.72 Å². The molecule has 3 nitrogen and oxygen atoms in total. The average molecular weight is 222 g/mol. The number of pyridine rings is 1. The van der Waals surface area contributed by atoms with E-state index in [1.54, 1.807) is 18.3 Å². The van der Waals surface area contributed by atoms with Crippen LogP contribution in [-0.2, 0) is 4.74 Å². The van der Waals surface area contributed by atoms with Crippen LogP contribution in [0.1, 0.15) is 10.4 Å². The van der Waals surface area contributed by atoms with E-state index in [0.29, 0.717) is 10.7 Å². The Bertz CT molecular complexity index is 525. The van der Waals surface area contributed by atoms with Crippen molar-refractivity contribution in [3.63, 3.8) is 0 Å². The Hall–Kier alpha value is -1.61. The lowest BCUT2D eigenvalue weighted by Gasteiger charge is -2.02. The number of aromatic nitrogens is 1. The van der Waals surface area contributed by atoms with Crippen molar-refractivity contribution in [1.82, 2.24) is 4.98 Å². The number of fused-ring (bicyclic) bond motifs is 1. The van der Waals surface area contributed by atoms with Gasteiger partial charge in [0.2, 0.25) is 0 Å². The number of carbonyl (C=O) groups is 1. The summed E-state index contributed by atoms with van der Waals surface area (Å²) < 4.78 is 4.62. The highest BCUT2D eigenvalue weighted by molar-refractivity contribution is 6.34. The summed E-state index contributed by atoms with van der Waals surface area (Å²) in [5, 5.41) is 2.09. The molecular formula is C11H8ClNO2. The minimum Gasteiger partial charge on any atom is -0.465 e. The second-order valence-electron chi connectivity index (χ2n) is 3.03. The van der Waals surface area contributed by atoms with Crippen molar-refractivity contribution in [3.05, 3.63) is 41.2 Å². The Kier molecular flexibility index (Phi) is 2.56. The number of hydrogen-bond donors (Lipinski definition) is 0. The number of benzene rings is 1. The monoisotopic (exact) mass is 221 g/mol. The van der Waals surface area contributed by atoms with Crippen molar-refractivity contribution < 1.29 is 9.53 Å². The van der Waals surface area contributed by atoms with Gasteiger partial charge in [0.15, 0.2) is 0 Å².